The van der Waals surface area contributed by atoms with Crippen molar-refractivity contribution in [2.45, 2.75) is 18.9 Å². The number of aryl methyl sites for hydroxylation is 2. The van der Waals surface area contributed by atoms with Gasteiger partial charge in [0.1, 0.15) is 0 Å². The maximum Gasteiger partial charge on any atom is 0.337 e. The fourth-order valence-electron chi connectivity index (χ4n) is 1.83. The minimum Gasteiger partial charge on any atom is -0.478 e. The lowest BCUT2D eigenvalue weighted by Crippen LogP contribution is -2.16. The van der Waals surface area contributed by atoms with Crippen molar-refractivity contribution in [3.63, 3.8) is 0 Å². The normalized spacial score (nSPS) is 11.1. The minimum absolute atomic E-state index is 0.0685. The fraction of sp³-hybridized carbons (Fsp3) is 0.143. The molecule has 0 saturated carbocycles. The summed E-state index contributed by atoms with van der Waals surface area (Å²) >= 11 is 0. The van der Waals surface area contributed by atoms with Gasteiger partial charge in [-0.1, -0.05) is 18.2 Å². The van der Waals surface area contributed by atoms with E-state index in [2.05, 4.69) is 9.71 Å². The van der Waals surface area contributed by atoms with E-state index in [1.54, 1.807) is 26.0 Å². The zero-order valence-electron chi connectivity index (χ0n) is 11.5. The molecule has 0 radical (unpaired) electrons. The summed E-state index contributed by atoms with van der Waals surface area (Å²) in [4.78, 5) is 14.4. The number of pyridine rings is 1. The van der Waals surface area contributed by atoms with Gasteiger partial charge in [-0.3, -0.25) is 4.72 Å². The largest absolute Gasteiger partial charge is 0.478 e. The van der Waals surface area contributed by atoms with Crippen LogP contribution in [-0.2, 0) is 10.0 Å². The highest BCUT2D eigenvalue weighted by Gasteiger charge is 2.18. The standard InChI is InChI=1S/C14H14N2O4S/c1-9-4-3-5-10(2)13(9)16-21(19,20)12-7-6-11(8-15-12)14(17)18/h3-8,16H,1-2H3,(H,17,18). The van der Waals surface area contributed by atoms with Crippen molar-refractivity contribution >= 4 is 21.7 Å². The number of nitrogens with zero attached hydrogens (tertiary/aromatic N) is 1. The van der Waals surface area contributed by atoms with Crippen LogP contribution in [0, 0.1) is 13.8 Å². The van der Waals surface area contributed by atoms with E-state index in [0.29, 0.717) is 5.69 Å². The van der Waals surface area contributed by atoms with Crippen molar-refractivity contribution in [3.8, 4) is 0 Å². The third-order valence-corrected chi connectivity index (χ3v) is 4.24. The van der Waals surface area contributed by atoms with E-state index in [4.69, 9.17) is 5.11 Å². The van der Waals surface area contributed by atoms with Crippen molar-refractivity contribution < 1.29 is 18.3 Å². The predicted molar refractivity (Wildman–Crippen MR) is 77.9 cm³/mol. The summed E-state index contributed by atoms with van der Waals surface area (Å²) in [7, 11) is -3.85. The maximum absolute atomic E-state index is 12.3. The Morgan fingerprint density at radius 1 is 1.14 bits per heavy atom. The molecular weight excluding hydrogens is 292 g/mol. The lowest BCUT2D eigenvalue weighted by atomic mass is 10.1. The Kier molecular flexibility index (Phi) is 3.95. The summed E-state index contributed by atoms with van der Waals surface area (Å²) in [5.41, 5.74) is 2.02. The third kappa shape index (κ3) is 3.19. The summed E-state index contributed by atoms with van der Waals surface area (Å²) in [6.45, 7) is 3.59. The van der Waals surface area contributed by atoms with Crippen LogP contribution in [0.15, 0.2) is 41.6 Å². The van der Waals surface area contributed by atoms with Crippen LogP contribution in [0.4, 0.5) is 5.69 Å². The lowest BCUT2D eigenvalue weighted by molar-refractivity contribution is 0.0696. The molecule has 6 nitrogen and oxygen atoms in total. The van der Waals surface area contributed by atoms with Gasteiger partial charge in [-0.15, -0.1) is 0 Å². The molecule has 1 aromatic carbocycles. The highest BCUT2D eigenvalue weighted by molar-refractivity contribution is 7.92. The van der Waals surface area contributed by atoms with Crippen LogP contribution < -0.4 is 4.72 Å². The van der Waals surface area contributed by atoms with Crippen molar-refractivity contribution in [2.75, 3.05) is 4.72 Å². The van der Waals surface area contributed by atoms with Crippen molar-refractivity contribution in [1.29, 1.82) is 0 Å². The van der Waals surface area contributed by atoms with Gasteiger partial charge in [0.15, 0.2) is 5.03 Å². The van der Waals surface area contributed by atoms with E-state index < -0.39 is 16.0 Å². The first-order valence-electron chi connectivity index (χ1n) is 6.09. The van der Waals surface area contributed by atoms with Crippen LogP contribution in [0.5, 0.6) is 0 Å². The first kappa shape index (κ1) is 15.0. The zero-order chi connectivity index (χ0) is 15.6. The molecule has 1 heterocycles. The lowest BCUT2D eigenvalue weighted by Gasteiger charge is -2.12. The summed E-state index contributed by atoms with van der Waals surface area (Å²) < 4.78 is 27.0. The van der Waals surface area contributed by atoms with Crippen LogP contribution >= 0.6 is 0 Å². The quantitative estimate of drug-likeness (QED) is 0.902. The number of aromatic nitrogens is 1. The van der Waals surface area contributed by atoms with Crippen LogP contribution in [-0.4, -0.2) is 24.5 Å². The number of sulfonamides is 1. The Labute approximate surface area is 122 Å². The summed E-state index contributed by atoms with van der Waals surface area (Å²) in [5.74, 6) is -1.16. The number of carboxylic acid groups (broad SMARTS) is 1. The molecule has 0 aliphatic heterocycles. The number of aromatic carboxylic acids is 1. The van der Waals surface area contributed by atoms with E-state index in [1.807, 2.05) is 6.07 Å². The number of anilines is 1. The molecule has 7 heteroatoms. The van der Waals surface area contributed by atoms with Crippen LogP contribution in [0.3, 0.4) is 0 Å². The van der Waals surface area contributed by atoms with E-state index in [1.165, 1.54) is 12.1 Å². The molecule has 0 aliphatic carbocycles. The number of nitrogens with one attached hydrogen (secondary N) is 1. The summed E-state index contributed by atoms with van der Waals surface area (Å²) in [5, 5.41) is 8.55. The molecule has 2 N–H and O–H groups in total. The van der Waals surface area contributed by atoms with E-state index >= 15 is 0 Å². The molecule has 21 heavy (non-hydrogen) atoms. The number of para-hydroxylation sites is 1. The molecule has 1 aromatic heterocycles. The number of benzene rings is 1. The first-order chi connectivity index (χ1) is 9.81. The second kappa shape index (κ2) is 5.53. The average molecular weight is 306 g/mol. The molecule has 0 unspecified atom stereocenters. The van der Waals surface area contributed by atoms with Gasteiger partial charge in [0, 0.05) is 6.20 Å². The highest BCUT2D eigenvalue weighted by atomic mass is 32.2. The molecule has 0 fully saturated rings. The molecule has 0 amide bonds. The molecule has 0 aliphatic rings. The monoisotopic (exact) mass is 306 g/mol. The first-order valence-corrected chi connectivity index (χ1v) is 7.58. The van der Waals surface area contributed by atoms with Crippen LogP contribution in [0.2, 0.25) is 0 Å². The van der Waals surface area contributed by atoms with Gasteiger partial charge >= 0.3 is 5.97 Å². The van der Waals surface area contributed by atoms with Gasteiger partial charge in [0.2, 0.25) is 0 Å². The second-order valence-electron chi connectivity index (χ2n) is 4.56. The molecule has 0 atom stereocenters. The second-order valence-corrected chi connectivity index (χ2v) is 6.19. The molecular formula is C14H14N2O4S. The summed E-state index contributed by atoms with van der Waals surface area (Å²) in [6.07, 6.45) is 1.02. The number of rotatable bonds is 4. The number of hydrogen-bond acceptors (Lipinski definition) is 4. The topological polar surface area (TPSA) is 96.4 Å². The molecule has 110 valence electrons. The Bertz CT molecular complexity index is 763. The number of carbonyl (C=O) groups is 1. The number of hydrogen-bond donors (Lipinski definition) is 2. The van der Waals surface area contributed by atoms with Gasteiger partial charge < -0.3 is 5.11 Å². The van der Waals surface area contributed by atoms with Gasteiger partial charge in [0.05, 0.1) is 11.3 Å². The third-order valence-electron chi connectivity index (χ3n) is 2.98. The molecule has 0 spiro atoms. The van der Waals surface area contributed by atoms with E-state index in [-0.39, 0.29) is 10.6 Å². The fourth-order valence-corrected chi connectivity index (χ4v) is 2.96. The van der Waals surface area contributed by atoms with E-state index in [0.717, 1.165) is 17.3 Å². The van der Waals surface area contributed by atoms with Gasteiger partial charge in [0.25, 0.3) is 10.0 Å². The smallest absolute Gasteiger partial charge is 0.337 e. The van der Waals surface area contributed by atoms with Crippen molar-refractivity contribution in [2.24, 2.45) is 0 Å². The average Bonchev–Trinajstić information content (AvgIpc) is 2.43. The molecule has 0 saturated heterocycles. The van der Waals surface area contributed by atoms with Gasteiger partial charge in [-0.2, -0.15) is 8.42 Å². The Balaban J connectivity index is 2.36. The summed E-state index contributed by atoms with van der Waals surface area (Å²) in [6, 6.07) is 7.80. The van der Waals surface area contributed by atoms with E-state index in [9.17, 15) is 13.2 Å². The predicted octanol–water partition coefficient (Wildman–Crippen LogP) is 2.20. The van der Waals surface area contributed by atoms with Crippen molar-refractivity contribution in [1.82, 2.24) is 4.98 Å². The van der Waals surface area contributed by atoms with Crippen LogP contribution in [0.25, 0.3) is 0 Å². The molecule has 0 bridgehead atoms. The number of carboxylic acids is 1. The van der Waals surface area contributed by atoms with Gasteiger partial charge in [-0.05, 0) is 37.1 Å². The van der Waals surface area contributed by atoms with Crippen LogP contribution in [0.1, 0.15) is 21.5 Å². The molecule has 2 aromatic rings. The van der Waals surface area contributed by atoms with Gasteiger partial charge in [-0.25, -0.2) is 9.78 Å². The van der Waals surface area contributed by atoms with Crippen molar-refractivity contribution in [3.05, 3.63) is 53.2 Å². The highest BCUT2D eigenvalue weighted by Crippen LogP contribution is 2.22. The molecule has 2 rings (SSSR count). The Hall–Kier alpha value is -2.41. The Morgan fingerprint density at radius 3 is 2.24 bits per heavy atom. The minimum atomic E-state index is -3.85. The Morgan fingerprint density at radius 2 is 1.76 bits per heavy atom. The zero-order valence-corrected chi connectivity index (χ0v) is 12.3. The maximum atomic E-state index is 12.3. The SMILES string of the molecule is Cc1cccc(C)c1NS(=O)(=O)c1ccc(C(=O)O)cn1.